The van der Waals surface area contributed by atoms with Gasteiger partial charge >= 0.3 is 47.4 Å². The van der Waals surface area contributed by atoms with Gasteiger partial charge in [-0.3, -0.25) is 23.7 Å². The first-order valence-corrected chi connectivity index (χ1v) is 19.0. The molecule has 0 amide bonds. The summed E-state index contributed by atoms with van der Waals surface area (Å²) in [4.78, 5) is 27.5. The fraction of sp³-hybridized carbons (Fsp3) is 0.500. The Bertz CT molecular complexity index is 1640. The van der Waals surface area contributed by atoms with E-state index in [0.29, 0.717) is 4.85 Å². The van der Waals surface area contributed by atoms with Crippen molar-refractivity contribution in [2.75, 3.05) is 27.3 Å². The van der Waals surface area contributed by atoms with Crippen molar-refractivity contribution in [1.29, 1.82) is 0 Å². The molecule has 0 radical (unpaired) electrons. The van der Waals surface area contributed by atoms with E-state index in [-0.39, 0.29) is 11.2 Å². The summed E-state index contributed by atoms with van der Waals surface area (Å²) in [5, 5.41) is 7.18. The van der Waals surface area contributed by atoms with Crippen LogP contribution in [0.2, 0.25) is 0 Å². The second-order valence-electron chi connectivity index (χ2n) is 7.51. The molecule has 0 saturated heterocycles. The normalized spacial score (nSPS) is 21.6. The summed E-state index contributed by atoms with van der Waals surface area (Å²) < 4.78 is 179. The number of nitrogens with zero attached hydrogens (tertiary/aromatic N) is 5. The van der Waals surface area contributed by atoms with Gasteiger partial charge in [-0.2, -0.15) is 0 Å². The van der Waals surface area contributed by atoms with Crippen LogP contribution in [0.15, 0.2) is 18.3 Å². The third kappa shape index (κ3) is 14.5. The molecule has 2 aromatic heterocycles. The molecular weight excluding hydrogens is 794 g/mol. The smallest absolute Gasteiger partial charge is 0.366 e. The summed E-state index contributed by atoms with van der Waals surface area (Å²) in [5.74, 6) is 0. The predicted molar refractivity (Wildman–Crippen MR) is 126 cm³/mol. The first kappa shape index (κ1) is 41.0. The molecule has 7 atom stereocenters. The zero-order valence-electron chi connectivity index (χ0n) is 21.7. The van der Waals surface area contributed by atoms with Gasteiger partial charge in [-0.25, -0.2) is 32.4 Å². The molecule has 0 saturated carbocycles. The van der Waals surface area contributed by atoms with E-state index in [0.717, 1.165) is 19.0 Å². The van der Waals surface area contributed by atoms with Gasteiger partial charge < -0.3 is 4.84 Å². The maximum atomic E-state index is 14.4. The zero-order valence-corrected chi connectivity index (χ0v) is 27.0. The van der Waals surface area contributed by atoms with Crippen LogP contribution in [-0.4, -0.2) is 67.9 Å². The van der Waals surface area contributed by atoms with Crippen molar-refractivity contribution in [3.63, 3.8) is 0 Å². The fourth-order valence-corrected chi connectivity index (χ4v) is 5.53. The van der Waals surface area contributed by atoms with Crippen LogP contribution in [0.5, 0.6) is 0 Å². The lowest BCUT2D eigenvalue weighted by molar-refractivity contribution is -0.232. The summed E-state index contributed by atoms with van der Waals surface area (Å²) in [6.07, 6.45) is 1.22. The van der Waals surface area contributed by atoms with E-state index in [1.165, 1.54) is 18.3 Å². The lowest BCUT2D eigenvalue weighted by Gasteiger charge is -2.37. The predicted octanol–water partition coefficient (Wildman–Crippen LogP) is 4.79. The van der Waals surface area contributed by atoms with Gasteiger partial charge in [-0.15, -0.1) is 67.7 Å². The number of aromatic nitrogens is 4. The highest BCUT2D eigenvalue weighted by Gasteiger charge is 2.46. The Morgan fingerprint density at radius 1 is 0.739 bits per heavy atom. The van der Waals surface area contributed by atoms with Crippen LogP contribution in [0.4, 0.5) is 25.2 Å². The molecule has 0 bridgehead atoms. The lowest BCUT2D eigenvalue weighted by Crippen LogP contribution is -2.59. The molecule has 46 heavy (non-hydrogen) atoms. The van der Waals surface area contributed by atoms with Gasteiger partial charge in [0.1, 0.15) is 18.7 Å². The second kappa shape index (κ2) is 15.6. The van der Waals surface area contributed by atoms with Crippen molar-refractivity contribution >= 4 is 58.6 Å². The standard InChI is InChI=1S/C10H15F6N5O19P6/c1-20(2)10(6-30-41(11,22)23,32-21-9-8(18-19-21)4-3-5-17-9)7-31-43(13,26)35-36-45(15,28)39-40-46(16,29)38-37-44(14,27)34-33-42(12,24)25/h3-5H,6-7H2,1-2H3,(H,22,23)(H,24,25). The molecule has 2 N–H and O–H groups in total. The van der Waals surface area contributed by atoms with Crippen LogP contribution in [0.3, 0.4) is 0 Å². The number of likely N-dealkylation sites (N-methyl/N-ethyl adjacent to an activating group) is 1. The molecule has 2 rings (SSSR count). The Morgan fingerprint density at radius 3 is 1.65 bits per heavy atom. The molecule has 0 aromatic carbocycles. The van der Waals surface area contributed by atoms with E-state index < -0.39 is 66.4 Å². The molecule has 0 spiro atoms. The zero-order chi connectivity index (χ0) is 35.2. The number of hydrogen-bond donors (Lipinski definition) is 2. The van der Waals surface area contributed by atoms with Crippen LogP contribution in [0.1, 0.15) is 0 Å². The average molecular weight is 809 g/mol. The highest BCUT2D eigenvalue weighted by Crippen LogP contribution is 2.65. The summed E-state index contributed by atoms with van der Waals surface area (Å²) in [6.45, 7) is -2.89. The molecular formula is C10H15F6N5O19P6. The topological polar surface area (TPSA) is 291 Å². The van der Waals surface area contributed by atoms with E-state index in [4.69, 9.17) is 14.6 Å². The Labute approximate surface area is 249 Å². The molecule has 24 nitrogen and oxygen atoms in total. The van der Waals surface area contributed by atoms with Crippen molar-refractivity contribution < 1.29 is 114 Å². The number of pyridine rings is 1. The first-order chi connectivity index (χ1) is 20.7. The number of fused-ring (bicyclic) bond motifs is 1. The molecule has 0 aliphatic carbocycles. The molecule has 0 fully saturated rings. The van der Waals surface area contributed by atoms with E-state index in [2.05, 4.69) is 61.7 Å². The number of hydrogen-bond acceptors (Lipinski definition) is 21. The van der Waals surface area contributed by atoms with E-state index in [1.54, 1.807) is 0 Å². The minimum absolute atomic E-state index is 0.0787. The van der Waals surface area contributed by atoms with Crippen molar-refractivity contribution in [3.8, 4) is 0 Å². The fourth-order valence-electron chi connectivity index (χ4n) is 2.14. The van der Waals surface area contributed by atoms with Crippen molar-refractivity contribution in [2.45, 2.75) is 5.72 Å². The van der Waals surface area contributed by atoms with Gasteiger partial charge in [0.25, 0.3) is 0 Å². The van der Waals surface area contributed by atoms with Crippen molar-refractivity contribution in [2.24, 2.45) is 0 Å². The van der Waals surface area contributed by atoms with Crippen LogP contribution in [0, 0.1) is 0 Å². The third-order valence-electron chi connectivity index (χ3n) is 3.99. The van der Waals surface area contributed by atoms with Crippen LogP contribution in [-0.2, 0) is 73.8 Å². The molecule has 0 aliphatic rings. The Morgan fingerprint density at radius 2 is 1.20 bits per heavy atom. The highest BCUT2D eigenvalue weighted by molar-refractivity contribution is 7.52. The molecule has 2 heterocycles. The van der Waals surface area contributed by atoms with E-state index in [1.807, 2.05) is 0 Å². The van der Waals surface area contributed by atoms with Crippen molar-refractivity contribution in [3.05, 3.63) is 18.3 Å². The Kier molecular flexibility index (Phi) is 13.9. The maximum Gasteiger partial charge on any atom is 0.569 e. The maximum absolute atomic E-state index is 14.4. The summed E-state index contributed by atoms with van der Waals surface area (Å²) in [6, 6.07) is 2.79. The molecule has 7 unspecified atom stereocenters. The lowest BCUT2D eigenvalue weighted by atomic mass is 10.2. The van der Waals surface area contributed by atoms with Gasteiger partial charge in [-0.1, -0.05) is 4.85 Å². The Balaban J connectivity index is 2.06. The van der Waals surface area contributed by atoms with Crippen LogP contribution in [0.25, 0.3) is 11.2 Å². The molecule has 266 valence electrons. The summed E-state index contributed by atoms with van der Waals surface area (Å²) in [5.41, 5.74) is -2.62. The van der Waals surface area contributed by atoms with Crippen LogP contribution < -0.4 is 4.84 Å². The monoisotopic (exact) mass is 809 g/mol. The quantitative estimate of drug-likeness (QED) is 0.0563. The van der Waals surface area contributed by atoms with E-state index in [9.17, 15) is 52.6 Å². The van der Waals surface area contributed by atoms with E-state index >= 15 is 0 Å². The van der Waals surface area contributed by atoms with Crippen molar-refractivity contribution in [1.82, 2.24) is 25.0 Å². The summed E-state index contributed by atoms with van der Waals surface area (Å²) >= 11 is 0. The minimum Gasteiger partial charge on any atom is -0.366 e. The van der Waals surface area contributed by atoms with Gasteiger partial charge in [0.05, 0.1) is 0 Å². The third-order valence-corrected chi connectivity index (χ3v) is 7.38. The highest BCUT2D eigenvalue weighted by atomic mass is 31.2. The molecule has 36 heteroatoms. The van der Waals surface area contributed by atoms with Gasteiger partial charge in [-0.05, 0) is 31.4 Å². The van der Waals surface area contributed by atoms with Gasteiger partial charge in [0.15, 0.2) is 0 Å². The second-order valence-corrected chi connectivity index (χ2v) is 14.5. The average Bonchev–Trinajstić information content (AvgIpc) is 3.32. The molecule has 0 aliphatic heterocycles. The number of halogens is 6. The number of rotatable bonds is 21. The summed E-state index contributed by atoms with van der Waals surface area (Å²) in [7, 11) is -36.1. The molecule has 2 aromatic rings. The minimum atomic E-state index is -6.72. The Hall–Kier alpha value is -1.21. The largest absolute Gasteiger partial charge is 0.569 e. The first-order valence-electron chi connectivity index (χ1n) is 10.3. The van der Waals surface area contributed by atoms with Gasteiger partial charge in [0.2, 0.25) is 11.4 Å². The SMILES string of the molecule is CN(C)C(COP(=O)(O)F)(COP(=O)(F)OOP(=O)(F)OOP(=O)(F)OOP(=O)(F)OOP(=O)(O)F)On1nnc2cccnc21. The van der Waals surface area contributed by atoms with Gasteiger partial charge in [0, 0.05) is 6.20 Å². The van der Waals surface area contributed by atoms with Crippen LogP contribution >= 0.6 is 47.4 Å².